The Morgan fingerprint density at radius 2 is 1.71 bits per heavy atom. The van der Waals surface area contributed by atoms with Crippen LogP contribution >= 0.6 is 23.2 Å². The van der Waals surface area contributed by atoms with Gasteiger partial charge in [-0.15, -0.1) is 0 Å². The zero-order valence-corrected chi connectivity index (χ0v) is 19.5. The lowest BCUT2D eigenvalue weighted by molar-refractivity contribution is -0.141. The number of hydrogen-bond acceptors (Lipinski definition) is 2. The summed E-state index contributed by atoms with van der Waals surface area (Å²) in [6.45, 7) is 2.25. The summed E-state index contributed by atoms with van der Waals surface area (Å²) in [4.78, 5) is 28.2. The quantitative estimate of drug-likeness (QED) is 0.541. The first kappa shape index (κ1) is 23.6. The third kappa shape index (κ3) is 6.72. The maximum absolute atomic E-state index is 13.4. The van der Waals surface area contributed by atoms with Crippen LogP contribution in [-0.4, -0.2) is 28.8 Å². The molecule has 0 radical (unpaired) electrons. The van der Waals surface area contributed by atoms with Gasteiger partial charge in [0.25, 0.3) is 0 Å². The summed E-state index contributed by atoms with van der Waals surface area (Å²) in [5, 5.41) is 4.10. The van der Waals surface area contributed by atoms with E-state index in [1.54, 1.807) is 17.0 Å². The summed E-state index contributed by atoms with van der Waals surface area (Å²) >= 11 is 12.3. The number of halogens is 2. The molecule has 1 N–H and O–H groups in total. The molecular weight excluding hydrogens is 431 g/mol. The zero-order chi connectivity index (χ0) is 22.2. The summed E-state index contributed by atoms with van der Waals surface area (Å²) in [5.74, 6) is -0.154. The van der Waals surface area contributed by atoms with Gasteiger partial charge in [0.1, 0.15) is 6.04 Å². The first-order chi connectivity index (χ1) is 15.0. The average Bonchev–Trinajstić information content (AvgIpc) is 2.77. The van der Waals surface area contributed by atoms with Gasteiger partial charge >= 0.3 is 0 Å². The number of amides is 2. The number of carbonyl (C=O) groups excluding carboxylic acids is 2. The Labute approximate surface area is 194 Å². The summed E-state index contributed by atoms with van der Waals surface area (Å²) < 4.78 is 0. The lowest BCUT2D eigenvalue weighted by Gasteiger charge is -2.33. The molecule has 2 amide bonds. The van der Waals surface area contributed by atoms with Crippen molar-refractivity contribution in [3.05, 3.63) is 69.7 Å². The molecule has 1 fully saturated rings. The Balaban J connectivity index is 1.81. The molecule has 0 heterocycles. The van der Waals surface area contributed by atoms with E-state index >= 15 is 0 Å². The fourth-order valence-electron chi connectivity index (χ4n) is 4.17. The van der Waals surface area contributed by atoms with Gasteiger partial charge in [-0.05, 0) is 42.5 Å². The molecule has 2 aromatic carbocycles. The number of nitrogens with one attached hydrogen (secondary N) is 1. The van der Waals surface area contributed by atoms with Crippen molar-refractivity contribution in [2.45, 2.75) is 70.5 Å². The van der Waals surface area contributed by atoms with Gasteiger partial charge in [0.2, 0.25) is 11.8 Å². The molecule has 1 aliphatic carbocycles. The number of nitrogens with zero attached hydrogens (tertiary/aromatic N) is 1. The summed E-state index contributed by atoms with van der Waals surface area (Å²) in [6.07, 6.45) is 6.31. The van der Waals surface area contributed by atoms with Crippen LogP contribution in [0.25, 0.3) is 0 Å². The number of rotatable bonds is 8. The van der Waals surface area contributed by atoms with Gasteiger partial charge in [-0.1, -0.05) is 85.8 Å². The monoisotopic (exact) mass is 460 g/mol. The Kier molecular flexibility index (Phi) is 8.79. The Morgan fingerprint density at radius 1 is 1.00 bits per heavy atom. The third-order valence-corrected chi connectivity index (χ3v) is 6.61. The van der Waals surface area contributed by atoms with Crippen LogP contribution in [0.15, 0.2) is 48.5 Å². The standard InChI is InChI=1S/C25H30Cl2N2O2/c1-2-23(25(31)28-20-11-7-4-8-12-20)29(17-19-13-14-21(26)22(27)15-19)24(30)16-18-9-5-3-6-10-18/h3,5-6,9-10,13-15,20,23H,2,4,7-8,11-12,16-17H2,1H3,(H,28,31)/t23-/m0/s1. The van der Waals surface area contributed by atoms with E-state index in [2.05, 4.69) is 5.32 Å². The van der Waals surface area contributed by atoms with Crippen molar-refractivity contribution in [3.8, 4) is 0 Å². The molecule has 2 aromatic rings. The third-order valence-electron chi connectivity index (χ3n) is 5.87. The topological polar surface area (TPSA) is 49.4 Å². The molecule has 6 heteroatoms. The van der Waals surface area contributed by atoms with Gasteiger partial charge in [-0.3, -0.25) is 9.59 Å². The zero-order valence-electron chi connectivity index (χ0n) is 17.9. The van der Waals surface area contributed by atoms with Crippen molar-refractivity contribution in [2.24, 2.45) is 0 Å². The van der Waals surface area contributed by atoms with E-state index in [0.717, 1.165) is 36.8 Å². The predicted octanol–water partition coefficient (Wildman–Crippen LogP) is 5.79. The predicted molar refractivity (Wildman–Crippen MR) is 126 cm³/mol. The first-order valence-electron chi connectivity index (χ1n) is 11.1. The van der Waals surface area contributed by atoms with Gasteiger partial charge in [-0.25, -0.2) is 0 Å². The molecule has 0 spiro atoms. The van der Waals surface area contributed by atoms with Gasteiger partial charge in [0.15, 0.2) is 0 Å². The molecule has 4 nitrogen and oxygen atoms in total. The van der Waals surface area contributed by atoms with E-state index in [0.29, 0.717) is 23.0 Å². The molecule has 0 unspecified atom stereocenters. The molecule has 31 heavy (non-hydrogen) atoms. The molecule has 166 valence electrons. The number of hydrogen-bond donors (Lipinski definition) is 1. The van der Waals surface area contributed by atoms with Crippen molar-refractivity contribution in [3.63, 3.8) is 0 Å². The molecule has 0 aromatic heterocycles. The Hall–Kier alpha value is -2.04. The van der Waals surface area contributed by atoms with E-state index in [9.17, 15) is 9.59 Å². The van der Waals surface area contributed by atoms with Crippen LogP contribution in [0.2, 0.25) is 10.0 Å². The van der Waals surface area contributed by atoms with Crippen LogP contribution in [0.5, 0.6) is 0 Å². The number of carbonyl (C=O) groups is 2. The van der Waals surface area contributed by atoms with E-state index in [1.807, 2.05) is 43.3 Å². The minimum absolute atomic E-state index is 0.0733. The average molecular weight is 461 g/mol. The van der Waals surface area contributed by atoms with Gasteiger partial charge in [0.05, 0.1) is 16.5 Å². The normalized spacial score (nSPS) is 15.3. The highest BCUT2D eigenvalue weighted by Crippen LogP contribution is 2.25. The molecule has 3 rings (SSSR count). The van der Waals surface area contributed by atoms with Gasteiger partial charge < -0.3 is 10.2 Å². The summed E-state index contributed by atoms with van der Waals surface area (Å²) in [7, 11) is 0. The second-order valence-corrected chi connectivity index (χ2v) is 9.01. The smallest absolute Gasteiger partial charge is 0.243 e. The molecule has 1 aliphatic rings. The highest BCUT2D eigenvalue weighted by Gasteiger charge is 2.30. The lowest BCUT2D eigenvalue weighted by atomic mass is 9.95. The maximum Gasteiger partial charge on any atom is 0.243 e. The minimum atomic E-state index is -0.535. The maximum atomic E-state index is 13.4. The fourth-order valence-corrected chi connectivity index (χ4v) is 4.49. The summed E-state index contributed by atoms with van der Waals surface area (Å²) in [6, 6.07) is 14.6. The lowest BCUT2D eigenvalue weighted by Crippen LogP contribution is -2.51. The van der Waals surface area contributed by atoms with Crippen molar-refractivity contribution < 1.29 is 9.59 Å². The first-order valence-corrected chi connectivity index (χ1v) is 11.8. The van der Waals surface area contributed by atoms with Crippen molar-refractivity contribution >= 4 is 35.0 Å². The van der Waals surface area contributed by atoms with Crippen LogP contribution < -0.4 is 5.32 Å². The molecule has 1 atom stereocenters. The van der Waals surface area contributed by atoms with E-state index in [-0.39, 0.29) is 24.3 Å². The molecule has 1 saturated carbocycles. The van der Waals surface area contributed by atoms with Crippen molar-refractivity contribution in [1.29, 1.82) is 0 Å². The van der Waals surface area contributed by atoms with E-state index in [1.165, 1.54) is 6.42 Å². The highest BCUT2D eigenvalue weighted by molar-refractivity contribution is 6.42. The van der Waals surface area contributed by atoms with Crippen LogP contribution in [0.3, 0.4) is 0 Å². The summed E-state index contributed by atoms with van der Waals surface area (Å²) in [5.41, 5.74) is 1.77. The largest absolute Gasteiger partial charge is 0.352 e. The molecule has 0 saturated heterocycles. The van der Waals surface area contributed by atoms with Crippen molar-refractivity contribution in [1.82, 2.24) is 10.2 Å². The highest BCUT2D eigenvalue weighted by atomic mass is 35.5. The SMILES string of the molecule is CC[C@@H](C(=O)NC1CCCCC1)N(Cc1ccc(Cl)c(Cl)c1)C(=O)Cc1ccccc1. The van der Waals surface area contributed by atoms with Crippen LogP contribution in [-0.2, 0) is 22.6 Å². The molecular formula is C25H30Cl2N2O2. The molecule has 0 bridgehead atoms. The van der Waals surface area contributed by atoms with E-state index < -0.39 is 6.04 Å². The number of benzene rings is 2. The second-order valence-electron chi connectivity index (χ2n) is 8.20. The van der Waals surface area contributed by atoms with Gasteiger partial charge in [-0.2, -0.15) is 0 Å². The second kappa shape index (κ2) is 11.5. The van der Waals surface area contributed by atoms with Crippen LogP contribution in [0.4, 0.5) is 0 Å². The minimum Gasteiger partial charge on any atom is -0.352 e. The Bertz CT molecular complexity index is 882. The van der Waals surface area contributed by atoms with Crippen LogP contribution in [0, 0.1) is 0 Å². The fraction of sp³-hybridized carbons (Fsp3) is 0.440. The Morgan fingerprint density at radius 3 is 2.35 bits per heavy atom. The molecule has 0 aliphatic heterocycles. The van der Waals surface area contributed by atoms with Crippen molar-refractivity contribution in [2.75, 3.05) is 0 Å². The van der Waals surface area contributed by atoms with E-state index in [4.69, 9.17) is 23.2 Å². The van der Waals surface area contributed by atoms with Gasteiger partial charge in [0, 0.05) is 12.6 Å². The van der Waals surface area contributed by atoms with Crippen LogP contribution in [0.1, 0.15) is 56.6 Å².